The van der Waals surface area contributed by atoms with Crippen LogP contribution in [0.25, 0.3) is 21.7 Å². The summed E-state index contributed by atoms with van der Waals surface area (Å²) in [6, 6.07) is 15.7. The van der Waals surface area contributed by atoms with E-state index in [1.54, 1.807) is 37.6 Å². The van der Waals surface area contributed by atoms with E-state index in [2.05, 4.69) is 57.5 Å². The number of nitrogens with zero attached hydrogens (tertiary/aromatic N) is 9. The van der Waals surface area contributed by atoms with Gasteiger partial charge in [0.05, 0.1) is 46.2 Å². The number of hydrogen-bond donors (Lipinski definition) is 4. The number of rotatable bonds is 18. The Hall–Kier alpha value is -6.97. The van der Waals surface area contributed by atoms with Crippen molar-refractivity contribution in [2.24, 2.45) is 17.8 Å². The second-order valence-electron chi connectivity index (χ2n) is 22.6. The molecule has 4 aromatic heterocycles. The van der Waals surface area contributed by atoms with Crippen molar-refractivity contribution in [3.8, 4) is 39.2 Å². The number of pyridine rings is 1. The number of nitrogens with one attached hydrogen (secondary N) is 1. The molecular formula is C58H69F2N11O7S. The highest BCUT2D eigenvalue weighted by Gasteiger charge is 2.45. The molecule has 8 heterocycles. The number of benzene rings is 2. The zero-order chi connectivity index (χ0) is 55.1. The third-order valence-corrected chi connectivity index (χ3v) is 17.8. The summed E-state index contributed by atoms with van der Waals surface area (Å²) >= 11 is 1.21. The molecule has 21 heteroatoms. The number of phenolic OH excluding ortho intramolecular Hbond substituents is 1. The van der Waals surface area contributed by atoms with Gasteiger partial charge in [-0.3, -0.25) is 9.59 Å². The molecule has 2 bridgehead atoms. The molecule has 11 rings (SSSR count). The van der Waals surface area contributed by atoms with Crippen LogP contribution in [0.5, 0.6) is 17.5 Å². The van der Waals surface area contributed by atoms with Gasteiger partial charge in [0, 0.05) is 85.4 Å². The predicted molar refractivity (Wildman–Crippen MR) is 295 cm³/mol. The van der Waals surface area contributed by atoms with Gasteiger partial charge < -0.3 is 54.9 Å². The third-order valence-electron chi connectivity index (χ3n) is 16.8. The van der Waals surface area contributed by atoms with E-state index in [-0.39, 0.29) is 47.7 Å². The Balaban J connectivity index is 0.607. The number of aromatic hydroxyl groups is 1. The average Bonchev–Trinajstić information content (AvgIpc) is 4.27. The lowest BCUT2D eigenvalue weighted by molar-refractivity contribution is -0.141. The minimum absolute atomic E-state index is 0.0120. The number of aryl methyl sites for hydroxylation is 1. The third kappa shape index (κ3) is 11.6. The molecule has 5 N–H and O–H groups in total. The summed E-state index contributed by atoms with van der Waals surface area (Å²) in [5, 5.41) is 36.6. The number of phenols is 1. The van der Waals surface area contributed by atoms with E-state index >= 15 is 8.78 Å². The van der Waals surface area contributed by atoms with Gasteiger partial charge in [-0.25, -0.2) is 18.7 Å². The topological polar surface area (TPSA) is 222 Å². The van der Waals surface area contributed by atoms with Crippen LogP contribution >= 0.6 is 11.3 Å². The van der Waals surface area contributed by atoms with E-state index in [9.17, 15) is 19.8 Å². The van der Waals surface area contributed by atoms with Crippen LogP contribution < -0.4 is 30.3 Å². The van der Waals surface area contributed by atoms with E-state index in [4.69, 9.17) is 19.7 Å². The maximum atomic E-state index is 15.4. The number of halogens is 2. The zero-order valence-electron chi connectivity index (χ0n) is 45.0. The summed E-state index contributed by atoms with van der Waals surface area (Å²) in [5.41, 5.74) is 11.8. The summed E-state index contributed by atoms with van der Waals surface area (Å²) in [4.78, 5) is 46.0. The monoisotopic (exact) mass is 1100 g/mol. The smallest absolute Gasteiger partial charge is 0.254 e. The van der Waals surface area contributed by atoms with Crippen molar-refractivity contribution in [1.29, 1.82) is 0 Å². The molecule has 5 aliphatic rings. The molecule has 0 spiro atoms. The fraction of sp³-hybridized carbons (Fsp3) is 0.500. The second-order valence-corrected chi connectivity index (χ2v) is 23.4. The molecule has 5 fully saturated rings. The van der Waals surface area contributed by atoms with Gasteiger partial charge in [-0.1, -0.05) is 26.0 Å². The van der Waals surface area contributed by atoms with Gasteiger partial charge in [-0.05, 0) is 131 Å². The number of aliphatic hydroxyl groups is 1. The lowest BCUT2D eigenvalue weighted by Gasteiger charge is -2.43. The largest absolute Gasteiger partial charge is 0.507 e. The van der Waals surface area contributed by atoms with Crippen LogP contribution in [0.3, 0.4) is 0 Å². The van der Waals surface area contributed by atoms with Gasteiger partial charge in [0.15, 0.2) is 11.6 Å². The molecule has 4 aliphatic heterocycles. The minimum Gasteiger partial charge on any atom is -0.507 e. The number of hydrogen-bond acceptors (Lipinski definition) is 17. The molecule has 1 aliphatic carbocycles. The van der Waals surface area contributed by atoms with Crippen molar-refractivity contribution in [1.82, 2.24) is 40.4 Å². The van der Waals surface area contributed by atoms with Crippen molar-refractivity contribution < 1.29 is 42.6 Å². The first kappa shape index (κ1) is 54.0. The summed E-state index contributed by atoms with van der Waals surface area (Å²) in [5.74, 6) is -0.532. The molecule has 2 amide bonds. The Kier molecular flexibility index (Phi) is 15.7. The van der Waals surface area contributed by atoms with Crippen molar-refractivity contribution in [2.75, 3.05) is 61.4 Å². The summed E-state index contributed by atoms with van der Waals surface area (Å²) < 4.78 is 49.0. The number of aliphatic hydroxyl groups excluding tert-OH is 1. The molecule has 4 saturated heterocycles. The van der Waals surface area contributed by atoms with Gasteiger partial charge in [0.2, 0.25) is 17.7 Å². The van der Waals surface area contributed by atoms with Crippen molar-refractivity contribution in [3.63, 3.8) is 0 Å². The maximum absolute atomic E-state index is 15.4. The van der Waals surface area contributed by atoms with Gasteiger partial charge in [-0.15, -0.1) is 21.5 Å². The molecule has 1 saturated carbocycles. The van der Waals surface area contributed by atoms with Crippen LogP contribution in [-0.2, 0) is 9.59 Å². The number of ether oxygens (including phenoxy) is 2. The van der Waals surface area contributed by atoms with Gasteiger partial charge in [-0.2, -0.15) is 0 Å². The maximum Gasteiger partial charge on any atom is 0.254 e. The van der Waals surface area contributed by atoms with Crippen LogP contribution in [0.1, 0.15) is 101 Å². The molecule has 79 heavy (non-hydrogen) atoms. The number of thiazole rings is 1. The number of piperazine rings is 1. The molecule has 418 valence electrons. The minimum atomic E-state index is -1.04. The van der Waals surface area contributed by atoms with E-state index < -0.39 is 47.6 Å². The number of carbonyl (C=O) groups is 2. The number of carbonyl (C=O) groups excluding carboxylic acids is 2. The van der Waals surface area contributed by atoms with Crippen LogP contribution in [0.4, 0.5) is 26.0 Å². The predicted octanol–water partition coefficient (Wildman–Crippen LogP) is 8.30. The molecule has 2 unspecified atom stereocenters. The number of para-hydroxylation sites is 1. The number of β-amino-alcohol motifs (C(OH)–C–C–N with tert-alkyl or cyclic N) is 1. The van der Waals surface area contributed by atoms with Crippen molar-refractivity contribution in [3.05, 3.63) is 101 Å². The number of fused-ring (bicyclic) bond motifs is 2. The molecule has 0 radical (unpaired) electrons. The van der Waals surface area contributed by atoms with Gasteiger partial charge >= 0.3 is 0 Å². The van der Waals surface area contributed by atoms with Crippen LogP contribution in [0.15, 0.2) is 76.9 Å². The number of nitrogen functional groups attached to an aromatic ring is 1. The van der Waals surface area contributed by atoms with Crippen LogP contribution in [0.2, 0.25) is 0 Å². The number of aromatic nitrogens is 5. The highest BCUT2D eigenvalue weighted by atomic mass is 32.1. The SMILES string of the molecule is Cc1ncsc1-c1cc(F)c([C@H](C)NC(=O)[C@@H]2C[C@@H](O)CN2C(=O)[C@H](c2cc(OCCC3CCN(C[C@H]4C[C@H](Oc5cc(N6C7CCC6CN(c6cc(-c8ccccc8O)nnc6N)C7)ccn5)C4)CC3)no2)C(C)C)cc1F. The lowest BCUT2D eigenvalue weighted by Crippen LogP contribution is -2.54. The highest BCUT2D eigenvalue weighted by Crippen LogP contribution is 2.41. The second kappa shape index (κ2) is 23.0. The molecule has 2 aromatic carbocycles. The molecule has 6 atom stereocenters. The van der Waals surface area contributed by atoms with Crippen LogP contribution in [0, 0.1) is 36.3 Å². The van der Waals surface area contributed by atoms with Crippen molar-refractivity contribution >= 4 is 40.3 Å². The first-order valence-electron chi connectivity index (χ1n) is 27.7. The molecule has 18 nitrogen and oxygen atoms in total. The average molecular weight is 1100 g/mol. The Morgan fingerprint density at radius 3 is 2.41 bits per heavy atom. The fourth-order valence-electron chi connectivity index (χ4n) is 12.6. The Morgan fingerprint density at radius 1 is 0.899 bits per heavy atom. The van der Waals surface area contributed by atoms with Gasteiger partial charge in [0.1, 0.15) is 35.4 Å². The summed E-state index contributed by atoms with van der Waals surface area (Å²) in [6.07, 6.45) is 8.18. The van der Waals surface area contributed by atoms with E-state index in [1.807, 2.05) is 38.2 Å². The summed E-state index contributed by atoms with van der Waals surface area (Å²) in [7, 11) is 0. The Labute approximate surface area is 462 Å². The van der Waals surface area contributed by atoms with Crippen LogP contribution in [-0.4, -0.2) is 133 Å². The normalized spacial score (nSPS) is 23.2. The molecular weight excluding hydrogens is 1030 g/mol. The number of piperidine rings is 1. The van der Waals surface area contributed by atoms with Crippen molar-refractivity contribution in [2.45, 2.75) is 121 Å². The molecule has 6 aromatic rings. The number of anilines is 3. The Bertz CT molecular complexity index is 3130. The zero-order valence-corrected chi connectivity index (χ0v) is 45.8. The number of likely N-dealkylation sites (tertiary alicyclic amines) is 2. The van der Waals surface area contributed by atoms with E-state index in [0.717, 1.165) is 101 Å². The highest BCUT2D eigenvalue weighted by molar-refractivity contribution is 7.13. The Morgan fingerprint density at radius 2 is 1.67 bits per heavy atom. The van der Waals surface area contributed by atoms with Gasteiger partial charge in [0.25, 0.3) is 5.88 Å². The first-order valence-corrected chi connectivity index (χ1v) is 28.6. The van der Waals surface area contributed by atoms with E-state index in [1.165, 1.54) is 16.2 Å². The quantitative estimate of drug-likeness (QED) is 0.0636. The number of nitrogens with two attached hydrogens (primary N) is 1. The summed E-state index contributed by atoms with van der Waals surface area (Å²) in [6.45, 7) is 12.1. The standard InChI is InChI=1S/C58H69F2N11O7S/c1-32(2)54(58(75)70-30-40(72)22-49(70)57(74)64-33(3)43-23-46(60)44(24-45(43)59)55-34(4)63-31-79-55)51-26-53(67-78-51)76-18-14-35-12-16-68(17-13-35)27-36-19-41(20-36)77-52-21-37(11-15-62-52)71-38-9-10-39(71)29-69(28-38)48-25-47(65-66-56(48)61)42-7-5-6-8-50(42)73/h5-8,11,15,21,23-26,31-33,35-36,38-41,49,54,72-73H,9-10,12-14,16-20,22,27-30H2,1-4H3,(H2,61,66)(H,64,74)/t33-,36-,38?,39?,40+,41-,49-,54-/m0/s1. The lowest BCUT2D eigenvalue weighted by atomic mass is 9.81. The van der Waals surface area contributed by atoms with E-state index in [0.29, 0.717) is 69.8 Å². The first-order chi connectivity index (χ1) is 38.1. The number of amides is 2. The fourth-order valence-corrected chi connectivity index (χ4v) is 13.4.